The predicted molar refractivity (Wildman–Crippen MR) is 109 cm³/mol. The molecule has 1 aliphatic rings. The molecule has 178 valence electrons. The average molecular weight is 488 g/mol. The van der Waals surface area contributed by atoms with Gasteiger partial charge in [0, 0.05) is 13.1 Å². The smallest absolute Gasteiger partial charge is 0.405 e. The fourth-order valence-electron chi connectivity index (χ4n) is 3.54. The van der Waals surface area contributed by atoms with Crippen molar-refractivity contribution >= 4 is 27.3 Å². The Labute approximate surface area is 185 Å². The van der Waals surface area contributed by atoms with E-state index in [1.54, 1.807) is 0 Å². The first-order chi connectivity index (χ1) is 15.5. The summed E-state index contributed by atoms with van der Waals surface area (Å²) in [6.45, 7) is 0. The van der Waals surface area contributed by atoms with Crippen LogP contribution in [0.25, 0.3) is 22.6 Å². The van der Waals surface area contributed by atoms with E-state index >= 15 is 0 Å². The van der Waals surface area contributed by atoms with Crippen molar-refractivity contribution in [3.63, 3.8) is 0 Å². The van der Waals surface area contributed by atoms with Crippen molar-refractivity contribution < 1.29 is 35.6 Å². The standard InChI is InChI=1S/C18H19F3N6O5S/c1-22-33(29,30)32-13-7-9(6-11(13)28)25-16-14-17(24-8-23-16)27-15(26-14)10-4-2-3-5-12(10)31-18(19,20)21/h2-5,8-9,11,13,22,28H,6-7H2,1H3,(H2,23,24,25,26,27)/t9-,11+,13+/m1/s1. The lowest BCUT2D eigenvalue weighted by atomic mass is 10.2. The van der Waals surface area contributed by atoms with Gasteiger partial charge in [-0.1, -0.05) is 12.1 Å². The number of H-pyrrole nitrogens is 1. The second-order valence-electron chi connectivity index (χ2n) is 7.22. The molecule has 1 saturated carbocycles. The number of aromatic nitrogens is 4. The van der Waals surface area contributed by atoms with Crippen LogP contribution in [0.1, 0.15) is 12.8 Å². The van der Waals surface area contributed by atoms with Gasteiger partial charge in [-0.15, -0.1) is 13.2 Å². The molecule has 11 nitrogen and oxygen atoms in total. The van der Waals surface area contributed by atoms with Gasteiger partial charge in [-0.2, -0.15) is 13.1 Å². The molecule has 0 unspecified atom stereocenters. The lowest BCUT2D eigenvalue weighted by Crippen LogP contribution is -2.31. The zero-order valence-electron chi connectivity index (χ0n) is 17.0. The van der Waals surface area contributed by atoms with Gasteiger partial charge in [0.05, 0.1) is 11.7 Å². The molecule has 4 N–H and O–H groups in total. The molecule has 2 aromatic heterocycles. The van der Waals surface area contributed by atoms with Gasteiger partial charge in [0.25, 0.3) is 0 Å². The number of aliphatic hydroxyl groups excluding tert-OH is 1. The summed E-state index contributed by atoms with van der Waals surface area (Å²) in [6, 6.07) is 5.12. The van der Waals surface area contributed by atoms with Crippen LogP contribution in [-0.2, 0) is 14.5 Å². The number of para-hydroxylation sites is 1. The third-order valence-electron chi connectivity index (χ3n) is 4.97. The minimum Gasteiger partial charge on any atom is -0.405 e. The second-order valence-corrected chi connectivity index (χ2v) is 8.73. The maximum atomic E-state index is 12.8. The molecule has 2 heterocycles. The van der Waals surface area contributed by atoms with Gasteiger partial charge in [-0.05, 0) is 25.0 Å². The molecule has 0 aliphatic heterocycles. The van der Waals surface area contributed by atoms with Crippen LogP contribution in [0, 0.1) is 0 Å². The summed E-state index contributed by atoms with van der Waals surface area (Å²) in [4.78, 5) is 15.3. The van der Waals surface area contributed by atoms with Crippen LogP contribution in [0.3, 0.4) is 0 Å². The molecule has 33 heavy (non-hydrogen) atoms. The highest BCUT2D eigenvalue weighted by atomic mass is 32.2. The molecule has 0 saturated heterocycles. The molecule has 4 rings (SSSR count). The quantitative estimate of drug-likeness (QED) is 0.389. The molecule has 15 heteroatoms. The first kappa shape index (κ1) is 23.2. The molecule has 1 aromatic carbocycles. The fraction of sp³-hybridized carbons (Fsp3) is 0.389. The van der Waals surface area contributed by atoms with Crippen LogP contribution < -0.4 is 14.8 Å². The molecular weight excluding hydrogens is 469 g/mol. The number of alkyl halides is 3. The van der Waals surface area contributed by atoms with Gasteiger partial charge >= 0.3 is 16.7 Å². The Hall–Kier alpha value is -3.01. The van der Waals surface area contributed by atoms with E-state index in [2.05, 4.69) is 30.0 Å². The Balaban J connectivity index is 1.59. The van der Waals surface area contributed by atoms with Gasteiger partial charge in [0.2, 0.25) is 0 Å². The first-order valence-corrected chi connectivity index (χ1v) is 11.1. The average Bonchev–Trinajstić information content (AvgIpc) is 3.31. The fourth-order valence-corrected chi connectivity index (χ4v) is 4.17. The molecule has 3 atom stereocenters. The van der Waals surface area contributed by atoms with Crippen molar-refractivity contribution in [1.82, 2.24) is 24.7 Å². The van der Waals surface area contributed by atoms with Gasteiger partial charge in [0.1, 0.15) is 29.5 Å². The number of aliphatic hydroxyl groups is 1. The van der Waals surface area contributed by atoms with Crippen molar-refractivity contribution in [2.45, 2.75) is 37.5 Å². The molecule has 3 aromatic rings. The molecule has 0 radical (unpaired) electrons. The number of anilines is 1. The number of hydrogen-bond donors (Lipinski definition) is 4. The molecule has 0 amide bonds. The van der Waals surface area contributed by atoms with Crippen LogP contribution >= 0.6 is 0 Å². The van der Waals surface area contributed by atoms with E-state index in [4.69, 9.17) is 4.18 Å². The molecule has 0 spiro atoms. The topological polar surface area (TPSA) is 151 Å². The largest absolute Gasteiger partial charge is 0.573 e. The van der Waals surface area contributed by atoms with Crippen molar-refractivity contribution in [3.8, 4) is 17.1 Å². The maximum Gasteiger partial charge on any atom is 0.573 e. The Morgan fingerprint density at radius 2 is 1.97 bits per heavy atom. The van der Waals surface area contributed by atoms with Gasteiger partial charge in [-0.25, -0.2) is 15.0 Å². The Bertz CT molecular complexity index is 1250. The number of rotatable bonds is 7. The highest BCUT2D eigenvalue weighted by Crippen LogP contribution is 2.34. The van der Waals surface area contributed by atoms with Crippen molar-refractivity contribution in [2.24, 2.45) is 0 Å². The van der Waals surface area contributed by atoms with Gasteiger partial charge in [-0.3, -0.25) is 4.18 Å². The maximum absolute atomic E-state index is 12.8. The normalized spacial score (nSPS) is 21.4. The van der Waals surface area contributed by atoms with E-state index in [9.17, 15) is 26.7 Å². The molecule has 0 bridgehead atoms. The molecule has 1 fully saturated rings. The number of fused-ring (bicyclic) bond motifs is 1. The number of nitrogens with one attached hydrogen (secondary N) is 3. The van der Waals surface area contributed by atoms with E-state index in [1.807, 2.05) is 4.72 Å². The summed E-state index contributed by atoms with van der Waals surface area (Å²) in [5, 5.41) is 13.2. The first-order valence-electron chi connectivity index (χ1n) is 9.67. The minimum atomic E-state index is -4.88. The number of imidazole rings is 1. The summed E-state index contributed by atoms with van der Waals surface area (Å²) < 4.78 is 72.6. The van der Waals surface area contributed by atoms with Crippen LogP contribution in [0.5, 0.6) is 5.75 Å². The highest BCUT2D eigenvalue weighted by molar-refractivity contribution is 7.84. The zero-order chi connectivity index (χ0) is 23.8. The Morgan fingerprint density at radius 1 is 1.21 bits per heavy atom. The van der Waals surface area contributed by atoms with E-state index in [1.165, 1.54) is 37.6 Å². The van der Waals surface area contributed by atoms with Crippen LogP contribution in [0.4, 0.5) is 19.0 Å². The number of halogens is 3. The number of aromatic amines is 1. The lowest BCUT2D eigenvalue weighted by molar-refractivity contribution is -0.274. The monoisotopic (exact) mass is 488 g/mol. The Kier molecular flexibility index (Phi) is 6.13. The van der Waals surface area contributed by atoms with Crippen molar-refractivity contribution in [1.29, 1.82) is 0 Å². The SMILES string of the molecule is CNS(=O)(=O)O[C@H]1C[C@H](Nc2ncnc3nc(-c4ccccc4OC(F)(F)F)[nH]c23)C[C@@H]1O. The predicted octanol–water partition coefficient (Wildman–Crippen LogP) is 1.70. The summed E-state index contributed by atoms with van der Waals surface area (Å²) in [5.74, 6) is -0.0698. The Morgan fingerprint density at radius 3 is 2.70 bits per heavy atom. The van der Waals surface area contributed by atoms with Crippen molar-refractivity contribution in [3.05, 3.63) is 30.6 Å². The molecular formula is C18H19F3N6O5S. The van der Waals surface area contributed by atoms with E-state index in [-0.39, 0.29) is 35.7 Å². The van der Waals surface area contributed by atoms with E-state index in [0.717, 1.165) is 0 Å². The zero-order valence-corrected chi connectivity index (χ0v) is 17.8. The summed E-state index contributed by atoms with van der Waals surface area (Å²) in [6.07, 6.45) is -5.31. The van der Waals surface area contributed by atoms with Crippen molar-refractivity contribution in [2.75, 3.05) is 12.4 Å². The third kappa shape index (κ3) is 5.32. The van der Waals surface area contributed by atoms with Gasteiger partial charge < -0.3 is 20.1 Å². The van der Waals surface area contributed by atoms with Crippen LogP contribution in [-0.4, -0.2) is 65.1 Å². The third-order valence-corrected chi connectivity index (χ3v) is 5.97. The van der Waals surface area contributed by atoms with E-state index in [0.29, 0.717) is 5.52 Å². The molecule has 1 aliphatic carbocycles. The summed E-state index contributed by atoms with van der Waals surface area (Å²) in [7, 11) is -2.79. The van der Waals surface area contributed by atoms with Crippen LogP contribution in [0.2, 0.25) is 0 Å². The highest BCUT2D eigenvalue weighted by Gasteiger charge is 2.37. The summed E-state index contributed by atoms with van der Waals surface area (Å²) >= 11 is 0. The number of benzene rings is 1. The van der Waals surface area contributed by atoms with E-state index < -0.39 is 40.7 Å². The lowest BCUT2D eigenvalue weighted by Gasteiger charge is -2.14. The summed E-state index contributed by atoms with van der Waals surface area (Å²) in [5.41, 5.74) is 0.574. The number of ether oxygens (including phenoxy) is 1. The van der Waals surface area contributed by atoms with Crippen LogP contribution in [0.15, 0.2) is 30.6 Å². The number of hydrogen-bond acceptors (Lipinski definition) is 9. The second kappa shape index (κ2) is 8.74. The minimum absolute atomic E-state index is 0.0702. The number of nitrogens with zero attached hydrogens (tertiary/aromatic N) is 3. The van der Waals surface area contributed by atoms with Gasteiger partial charge in [0.15, 0.2) is 11.5 Å².